The lowest BCUT2D eigenvalue weighted by atomic mass is 10.1. The minimum Gasteiger partial charge on any atom is -0.460 e. The van der Waals surface area contributed by atoms with E-state index in [-0.39, 0.29) is 11.8 Å². The second-order valence-corrected chi connectivity index (χ2v) is 7.20. The average Bonchev–Trinajstić information content (AvgIpc) is 3.11. The predicted octanol–water partition coefficient (Wildman–Crippen LogP) is 3.44. The molecule has 8 heteroatoms. The fraction of sp³-hybridized carbons (Fsp3) is 0.474. The quantitative estimate of drug-likeness (QED) is 0.405. The highest BCUT2D eigenvalue weighted by Gasteiger charge is 2.16. The maximum Gasteiger partial charge on any atom is 0.270 e. The van der Waals surface area contributed by atoms with Gasteiger partial charge in [-0.05, 0) is 50.6 Å². The largest absolute Gasteiger partial charge is 0.460 e. The molecule has 0 unspecified atom stereocenters. The molecule has 2 N–H and O–H groups in total. The first kappa shape index (κ1) is 19.8. The normalized spacial score (nSPS) is 15.9. The highest BCUT2D eigenvalue weighted by Crippen LogP contribution is 2.32. The van der Waals surface area contributed by atoms with Gasteiger partial charge >= 0.3 is 0 Å². The van der Waals surface area contributed by atoms with Crippen LogP contribution >= 0.6 is 11.6 Å². The number of nitrogens with one attached hydrogen (secondary N) is 1. The number of benzene rings is 1. The summed E-state index contributed by atoms with van der Waals surface area (Å²) in [5.74, 6) is 1.39. The maximum absolute atomic E-state index is 10.8. The number of nitro groups is 1. The molecule has 1 aromatic carbocycles. The first-order chi connectivity index (χ1) is 13.0. The Morgan fingerprint density at radius 3 is 2.78 bits per heavy atom. The molecule has 0 aliphatic carbocycles. The number of furan rings is 1. The molecule has 1 aliphatic heterocycles. The van der Waals surface area contributed by atoms with Gasteiger partial charge in [-0.2, -0.15) is 0 Å². The van der Waals surface area contributed by atoms with Gasteiger partial charge in [0, 0.05) is 30.8 Å². The Kier molecular flexibility index (Phi) is 6.84. The average molecular weight is 394 g/mol. The second-order valence-electron chi connectivity index (χ2n) is 6.79. The summed E-state index contributed by atoms with van der Waals surface area (Å²) in [4.78, 5) is 12.7. The lowest BCUT2D eigenvalue weighted by Gasteiger charge is -2.29. The highest BCUT2D eigenvalue weighted by atomic mass is 35.5. The smallest absolute Gasteiger partial charge is 0.270 e. The molecule has 27 heavy (non-hydrogen) atoms. The molecule has 0 spiro atoms. The van der Waals surface area contributed by atoms with Crippen LogP contribution < -0.4 is 5.32 Å². The second kappa shape index (κ2) is 9.32. The number of non-ortho nitro benzene ring substituents is 1. The Labute approximate surface area is 163 Å². The van der Waals surface area contributed by atoms with E-state index in [1.165, 1.54) is 12.1 Å². The Morgan fingerprint density at radius 2 is 2.07 bits per heavy atom. The van der Waals surface area contributed by atoms with E-state index in [1.807, 2.05) is 12.1 Å². The maximum atomic E-state index is 10.8. The number of hydrogen-bond donors (Lipinski definition) is 2. The van der Waals surface area contributed by atoms with Crippen molar-refractivity contribution in [1.29, 1.82) is 0 Å². The van der Waals surface area contributed by atoms with Crippen LogP contribution in [-0.2, 0) is 6.54 Å². The van der Waals surface area contributed by atoms with E-state index in [1.54, 1.807) is 6.07 Å². The van der Waals surface area contributed by atoms with Gasteiger partial charge in [0.25, 0.3) is 5.69 Å². The van der Waals surface area contributed by atoms with Gasteiger partial charge in [-0.15, -0.1) is 0 Å². The zero-order valence-corrected chi connectivity index (χ0v) is 15.8. The summed E-state index contributed by atoms with van der Waals surface area (Å²) in [5.41, 5.74) is 0.598. The van der Waals surface area contributed by atoms with E-state index in [9.17, 15) is 15.2 Å². The van der Waals surface area contributed by atoms with Crippen molar-refractivity contribution in [3.63, 3.8) is 0 Å². The van der Waals surface area contributed by atoms with E-state index >= 15 is 0 Å². The van der Waals surface area contributed by atoms with Crippen molar-refractivity contribution < 1.29 is 14.4 Å². The van der Waals surface area contributed by atoms with Crippen LogP contribution in [0.4, 0.5) is 5.69 Å². The van der Waals surface area contributed by atoms with Crippen LogP contribution in [0.15, 0.2) is 34.7 Å². The SMILES string of the molecule is O=[N+]([O-])c1ccc(-c2ccc(CNCCCN3CCC(O)CC3)o2)c(Cl)c1. The van der Waals surface area contributed by atoms with E-state index < -0.39 is 4.92 Å². The monoisotopic (exact) mass is 393 g/mol. The van der Waals surface area contributed by atoms with E-state index in [0.29, 0.717) is 22.9 Å². The van der Waals surface area contributed by atoms with Crippen molar-refractivity contribution in [2.24, 2.45) is 0 Å². The number of halogens is 1. The zero-order valence-electron chi connectivity index (χ0n) is 15.1. The Balaban J connectivity index is 1.44. The fourth-order valence-electron chi connectivity index (χ4n) is 3.22. The Bertz CT molecular complexity index is 772. The van der Waals surface area contributed by atoms with Crippen LogP contribution in [-0.4, -0.2) is 47.2 Å². The molecule has 146 valence electrons. The van der Waals surface area contributed by atoms with Crippen molar-refractivity contribution in [2.45, 2.75) is 31.9 Å². The van der Waals surface area contributed by atoms with Gasteiger partial charge in [-0.25, -0.2) is 0 Å². The van der Waals surface area contributed by atoms with Crippen LogP contribution in [0.3, 0.4) is 0 Å². The van der Waals surface area contributed by atoms with Crippen LogP contribution in [0.5, 0.6) is 0 Å². The molecule has 0 amide bonds. The minimum atomic E-state index is -0.473. The molecule has 1 fully saturated rings. The van der Waals surface area contributed by atoms with E-state index in [0.717, 1.165) is 51.2 Å². The Morgan fingerprint density at radius 1 is 1.30 bits per heavy atom. The Hall–Kier alpha value is -1.93. The molecule has 1 aromatic heterocycles. The predicted molar refractivity (Wildman–Crippen MR) is 104 cm³/mol. The summed E-state index contributed by atoms with van der Waals surface area (Å²) in [6.07, 6.45) is 2.65. The summed E-state index contributed by atoms with van der Waals surface area (Å²) in [7, 11) is 0. The van der Waals surface area contributed by atoms with Crippen molar-refractivity contribution in [3.8, 4) is 11.3 Å². The molecule has 1 saturated heterocycles. The fourth-order valence-corrected chi connectivity index (χ4v) is 3.49. The first-order valence-electron chi connectivity index (χ1n) is 9.17. The third-order valence-corrected chi connectivity index (χ3v) is 5.09. The molecule has 0 radical (unpaired) electrons. The van der Waals surface area contributed by atoms with Crippen LogP contribution in [0.2, 0.25) is 5.02 Å². The molecule has 0 atom stereocenters. The van der Waals surface area contributed by atoms with Crippen LogP contribution in [0.25, 0.3) is 11.3 Å². The molecular weight excluding hydrogens is 370 g/mol. The lowest BCUT2D eigenvalue weighted by Crippen LogP contribution is -2.37. The van der Waals surface area contributed by atoms with Gasteiger partial charge in [0.2, 0.25) is 0 Å². The third-order valence-electron chi connectivity index (χ3n) is 4.77. The molecule has 3 rings (SSSR count). The van der Waals surface area contributed by atoms with Gasteiger partial charge in [0.1, 0.15) is 11.5 Å². The lowest BCUT2D eigenvalue weighted by molar-refractivity contribution is -0.384. The van der Waals surface area contributed by atoms with Gasteiger partial charge in [-0.3, -0.25) is 10.1 Å². The molecule has 1 aliphatic rings. The van der Waals surface area contributed by atoms with Crippen molar-refractivity contribution in [3.05, 3.63) is 51.2 Å². The van der Waals surface area contributed by atoms with Gasteiger partial charge < -0.3 is 19.7 Å². The van der Waals surface area contributed by atoms with E-state index in [2.05, 4.69) is 10.2 Å². The number of aliphatic hydroxyl groups excluding tert-OH is 1. The molecule has 0 saturated carbocycles. The first-order valence-corrected chi connectivity index (χ1v) is 9.55. The van der Waals surface area contributed by atoms with Crippen LogP contribution in [0.1, 0.15) is 25.0 Å². The molecule has 2 aromatic rings. The summed E-state index contributed by atoms with van der Waals surface area (Å²) in [6, 6.07) is 8.05. The topological polar surface area (TPSA) is 91.8 Å². The molecule has 0 bridgehead atoms. The molecular formula is C19H24ClN3O4. The summed E-state index contributed by atoms with van der Waals surface area (Å²) in [5, 5.41) is 24.0. The molecule has 7 nitrogen and oxygen atoms in total. The summed E-state index contributed by atoms with van der Waals surface area (Å²) < 4.78 is 5.80. The number of hydrogen-bond acceptors (Lipinski definition) is 6. The number of nitro benzene ring substituents is 1. The summed E-state index contributed by atoms with van der Waals surface area (Å²) in [6.45, 7) is 4.47. The number of likely N-dealkylation sites (tertiary alicyclic amines) is 1. The third kappa shape index (κ3) is 5.52. The minimum absolute atomic E-state index is 0.0413. The van der Waals surface area contributed by atoms with Gasteiger partial charge in [0.15, 0.2) is 0 Å². The number of aliphatic hydroxyl groups is 1. The standard InChI is InChI=1S/C19H24ClN3O4/c20-18-12-14(23(25)26)2-4-17(18)19-5-3-16(27-19)13-21-8-1-9-22-10-6-15(24)7-11-22/h2-5,12,15,21,24H,1,6-11,13H2. The highest BCUT2D eigenvalue weighted by molar-refractivity contribution is 6.33. The van der Waals surface area contributed by atoms with E-state index in [4.69, 9.17) is 16.0 Å². The van der Waals surface area contributed by atoms with Crippen molar-refractivity contribution in [2.75, 3.05) is 26.2 Å². The van der Waals surface area contributed by atoms with Crippen molar-refractivity contribution >= 4 is 17.3 Å². The van der Waals surface area contributed by atoms with Gasteiger partial charge in [-0.1, -0.05) is 11.6 Å². The number of piperidine rings is 1. The van der Waals surface area contributed by atoms with Gasteiger partial charge in [0.05, 0.1) is 22.6 Å². The number of rotatable bonds is 8. The molecule has 2 heterocycles. The zero-order chi connectivity index (χ0) is 19.2. The van der Waals surface area contributed by atoms with Crippen molar-refractivity contribution in [1.82, 2.24) is 10.2 Å². The summed E-state index contributed by atoms with van der Waals surface area (Å²) >= 11 is 6.15. The number of nitrogens with zero attached hydrogens (tertiary/aromatic N) is 2. The van der Waals surface area contributed by atoms with Crippen LogP contribution in [0, 0.1) is 10.1 Å².